The van der Waals surface area contributed by atoms with Gasteiger partial charge in [-0.2, -0.15) is 0 Å². The maximum absolute atomic E-state index is 12.5. The van der Waals surface area contributed by atoms with Crippen molar-refractivity contribution in [2.24, 2.45) is 10.8 Å². The van der Waals surface area contributed by atoms with Crippen molar-refractivity contribution in [2.45, 2.75) is 59.5 Å². The van der Waals surface area contributed by atoms with Gasteiger partial charge in [0.1, 0.15) is 11.5 Å². The number of ether oxygens (including phenoxy) is 1. The lowest BCUT2D eigenvalue weighted by Gasteiger charge is -2.59. The SMILES string of the molecule is C=C1C2=C(O)[C@@]3(O)C(=C)C(C(C)=O)=C(C)C[C@@]3(C)C[C@@]2(C)Cc2c(-c3ccc(OC)cc3)ccc(C)c21. The Hall–Kier alpha value is -3.37. The number of rotatable bonds is 3. The highest BCUT2D eigenvalue weighted by atomic mass is 16.5. The van der Waals surface area contributed by atoms with Gasteiger partial charge in [-0.15, -0.1) is 0 Å². The van der Waals surface area contributed by atoms with E-state index < -0.39 is 16.4 Å². The van der Waals surface area contributed by atoms with Crippen LogP contribution in [-0.2, 0) is 11.2 Å². The zero-order valence-electron chi connectivity index (χ0n) is 22.7. The van der Waals surface area contributed by atoms with E-state index >= 15 is 0 Å². The lowest BCUT2D eigenvalue weighted by molar-refractivity contribution is -0.115. The molecule has 192 valence electrons. The number of ketones is 1. The number of aliphatic hydroxyl groups excluding tert-OH is 1. The van der Waals surface area contributed by atoms with E-state index in [-0.39, 0.29) is 11.5 Å². The van der Waals surface area contributed by atoms with Crippen molar-refractivity contribution >= 4 is 11.4 Å². The molecule has 4 heteroatoms. The van der Waals surface area contributed by atoms with Crippen LogP contribution in [0.3, 0.4) is 0 Å². The fraction of sp³-hybridized carbons (Fsp3) is 0.364. The number of allylic oxidation sites excluding steroid dienone is 3. The lowest BCUT2D eigenvalue weighted by atomic mass is 9.47. The molecule has 0 unspecified atom stereocenters. The van der Waals surface area contributed by atoms with Crippen LogP contribution in [0.25, 0.3) is 16.7 Å². The van der Waals surface area contributed by atoms with Crippen molar-refractivity contribution in [3.63, 3.8) is 0 Å². The molecule has 0 fully saturated rings. The molecule has 5 rings (SSSR count). The van der Waals surface area contributed by atoms with E-state index in [9.17, 15) is 15.0 Å². The Labute approximate surface area is 219 Å². The van der Waals surface area contributed by atoms with E-state index in [4.69, 9.17) is 4.74 Å². The van der Waals surface area contributed by atoms with Crippen LogP contribution in [-0.4, -0.2) is 28.7 Å². The van der Waals surface area contributed by atoms with Gasteiger partial charge in [0.2, 0.25) is 0 Å². The molecule has 3 aliphatic carbocycles. The summed E-state index contributed by atoms with van der Waals surface area (Å²) in [5.74, 6) is 0.559. The molecule has 0 heterocycles. The number of Topliss-reactive ketones (excluding diaryl/α,β-unsaturated/α-hetero) is 1. The van der Waals surface area contributed by atoms with Crippen LogP contribution in [0.4, 0.5) is 0 Å². The first-order chi connectivity index (χ1) is 17.3. The Kier molecular flexibility index (Phi) is 5.51. The summed E-state index contributed by atoms with van der Waals surface area (Å²) in [5.41, 5.74) is 5.66. The number of aryl methyl sites for hydroxylation is 1. The number of benzene rings is 2. The fourth-order valence-corrected chi connectivity index (χ4v) is 7.74. The van der Waals surface area contributed by atoms with Crippen molar-refractivity contribution in [2.75, 3.05) is 7.11 Å². The van der Waals surface area contributed by atoms with E-state index in [2.05, 4.69) is 51.3 Å². The van der Waals surface area contributed by atoms with Crippen molar-refractivity contribution in [1.82, 2.24) is 0 Å². The first-order valence-electron chi connectivity index (χ1n) is 12.8. The number of fused-ring (bicyclic) bond motifs is 3. The molecule has 0 aliphatic heterocycles. The Morgan fingerprint density at radius 2 is 1.68 bits per heavy atom. The van der Waals surface area contributed by atoms with Crippen molar-refractivity contribution in [3.05, 3.63) is 94.3 Å². The van der Waals surface area contributed by atoms with Gasteiger partial charge in [-0.25, -0.2) is 0 Å². The average molecular weight is 497 g/mol. The van der Waals surface area contributed by atoms with Crippen LogP contribution in [0.5, 0.6) is 5.75 Å². The molecule has 37 heavy (non-hydrogen) atoms. The molecule has 2 aromatic carbocycles. The van der Waals surface area contributed by atoms with Crippen LogP contribution >= 0.6 is 0 Å². The monoisotopic (exact) mass is 496 g/mol. The zero-order valence-corrected chi connectivity index (χ0v) is 22.7. The van der Waals surface area contributed by atoms with Crippen molar-refractivity contribution < 1.29 is 19.7 Å². The van der Waals surface area contributed by atoms with Gasteiger partial charge < -0.3 is 14.9 Å². The van der Waals surface area contributed by atoms with Crippen LogP contribution in [0.1, 0.15) is 57.2 Å². The van der Waals surface area contributed by atoms with Gasteiger partial charge in [-0.1, -0.05) is 56.8 Å². The van der Waals surface area contributed by atoms with Gasteiger partial charge in [-0.05, 0) is 91.1 Å². The molecule has 4 nitrogen and oxygen atoms in total. The molecule has 0 spiro atoms. The summed E-state index contributed by atoms with van der Waals surface area (Å²) in [7, 11) is 1.66. The van der Waals surface area contributed by atoms with Crippen LogP contribution in [0, 0.1) is 17.8 Å². The molecule has 0 saturated carbocycles. The number of methoxy groups -OCH3 is 1. The third-order valence-corrected chi connectivity index (χ3v) is 9.10. The van der Waals surface area contributed by atoms with Crippen LogP contribution in [0.2, 0.25) is 0 Å². The number of aliphatic hydroxyl groups is 2. The molecule has 0 radical (unpaired) electrons. The number of hydrogen-bond acceptors (Lipinski definition) is 4. The summed E-state index contributed by atoms with van der Waals surface area (Å²) < 4.78 is 5.36. The summed E-state index contributed by atoms with van der Waals surface area (Å²) in [6.45, 7) is 18.3. The molecule has 3 atom stereocenters. The molecule has 2 N–H and O–H groups in total. The normalized spacial score (nSPS) is 29.1. The summed E-state index contributed by atoms with van der Waals surface area (Å²) in [4.78, 5) is 12.5. The average Bonchev–Trinajstić information content (AvgIpc) is 2.81. The van der Waals surface area contributed by atoms with Gasteiger partial charge in [0, 0.05) is 22.0 Å². The van der Waals surface area contributed by atoms with E-state index in [0.717, 1.165) is 39.1 Å². The highest BCUT2D eigenvalue weighted by molar-refractivity contribution is 6.00. The van der Waals surface area contributed by atoms with Crippen LogP contribution < -0.4 is 4.74 Å². The quantitative estimate of drug-likeness (QED) is 0.477. The molecule has 0 bridgehead atoms. The second kappa shape index (κ2) is 8.06. The summed E-state index contributed by atoms with van der Waals surface area (Å²) in [6, 6.07) is 12.3. The van der Waals surface area contributed by atoms with E-state index in [1.54, 1.807) is 7.11 Å². The molecule has 0 amide bonds. The van der Waals surface area contributed by atoms with Crippen LogP contribution in [0.15, 0.2) is 77.6 Å². The third-order valence-electron chi connectivity index (χ3n) is 9.10. The molecule has 3 aliphatic rings. The first-order valence-corrected chi connectivity index (χ1v) is 12.8. The maximum Gasteiger partial charge on any atom is 0.160 e. The van der Waals surface area contributed by atoms with Gasteiger partial charge in [-0.3, -0.25) is 4.79 Å². The third kappa shape index (κ3) is 3.28. The topological polar surface area (TPSA) is 66.8 Å². The standard InChI is InChI=1S/C33H36O4/c1-18-9-14-25(23-10-12-24(37-8)13-11-23)26-16-31(6)17-32(7)15-19(2)28(22(5)34)21(4)33(32,36)30(35)29(31)20(3)27(18)26/h9-14,35-36H,3-4,15-17H2,1-2,5-8H3/t31-,32+,33+/m1/s1. The van der Waals surface area contributed by atoms with E-state index in [1.807, 2.05) is 26.0 Å². The Balaban J connectivity index is 1.74. The van der Waals surface area contributed by atoms with Crippen molar-refractivity contribution in [3.8, 4) is 16.9 Å². The predicted octanol–water partition coefficient (Wildman–Crippen LogP) is 7.06. The number of carbonyl (C=O) groups is 1. The first kappa shape index (κ1) is 25.3. The Bertz CT molecular complexity index is 1450. The summed E-state index contributed by atoms with van der Waals surface area (Å²) in [5, 5.41) is 24.2. The van der Waals surface area contributed by atoms with E-state index in [1.165, 1.54) is 12.5 Å². The van der Waals surface area contributed by atoms with Gasteiger partial charge in [0.05, 0.1) is 7.11 Å². The highest BCUT2D eigenvalue weighted by Gasteiger charge is 2.63. The molecular formula is C33H36O4. The second-order valence-corrected chi connectivity index (χ2v) is 11.8. The molecule has 2 aromatic rings. The minimum atomic E-state index is -1.73. The fourth-order valence-electron chi connectivity index (χ4n) is 7.74. The lowest BCUT2D eigenvalue weighted by Crippen LogP contribution is -2.59. The van der Waals surface area contributed by atoms with Gasteiger partial charge in [0.25, 0.3) is 0 Å². The molecular weight excluding hydrogens is 460 g/mol. The zero-order chi connectivity index (χ0) is 27.1. The Morgan fingerprint density at radius 3 is 2.27 bits per heavy atom. The van der Waals surface area contributed by atoms with E-state index in [0.29, 0.717) is 36.0 Å². The number of hydrogen-bond donors (Lipinski definition) is 2. The smallest absolute Gasteiger partial charge is 0.160 e. The number of carbonyl (C=O) groups excluding carboxylic acids is 1. The second-order valence-electron chi connectivity index (χ2n) is 11.8. The predicted molar refractivity (Wildman–Crippen MR) is 148 cm³/mol. The highest BCUT2D eigenvalue weighted by Crippen LogP contribution is 2.66. The van der Waals surface area contributed by atoms with Gasteiger partial charge >= 0.3 is 0 Å². The molecule has 0 saturated heterocycles. The Morgan fingerprint density at radius 1 is 1.03 bits per heavy atom. The molecule has 0 aromatic heterocycles. The summed E-state index contributed by atoms with van der Waals surface area (Å²) >= 11 is 0. The van der Waals surface area contributed by atoms with Gasteiger partial charge in [0.15, 0.2) is 11.4 Å². The van der Waals surface area contributed by atoms with Crippen molar-refractivity contribution in [1.29, 1.82) is 0 Å². The largest absolute Gasteiger partial charge is 0.509 e. The minimum absolute atomic E-state index is 0.107. The maximum atomic E-state index is 12.5. The summed E-state index contributed by atoms with van der Waals surface area (Å²) in [6.07, 6.45) is 1.82. The minimum Gasteiger partial charge on any atom is -0.509 e.